The van der Waals surface area contributed by atoms with Crippen molar-refractivity contribution < 1.29 is 28.7 Å². The molecule has 0 radical (unpaired) electrons. The van der Waals surface area contributed by atoms with Crippen LogP contribution >= 0.6 is 0 Å². The molecule has 0 fully saturated rings. The number of hydrogen-bond donors (Lipinski definition) is 0. The molecule has 8 heteroatoms. The molecule has 3 rings (SSSR count). The quantitative estimate of drug-likeness (QED) is 0.451. The van der Waals surface area contributed by atoms with Gasteiger partial charge < -0.3 is 18.9 Å². The third-order valence-electron chi connectivity index (χ3n) is 3.82. The highest BCUT2D eigenvalue weighted by Gasteiger charge is 2.32. The molecule has 130 valence electrons. The highest BCUT2D eigenvalue weighted by atomic mass is 16.7. The van der Waals surface area contributed by atoms with Gasteiger partial charge in [0.15, 0.2) is 11.5 Å². The summed E-state index contributed by atoms with van der Waals surface area (Å²) < 4.78 is 21.0. The van der Waals surface area contributed by atoms with Crippen LogP contribution in [0, 0.1) is 10.1 Å². The number of hydrogen-bond acceptors (Lipinski definition) is 7. The molecule has 8 nitrogen and oxygen atoms in total. The molecular weight excluding hydrogens is 330 g/mol. The van der Waals surface area contributed by atoms with E-state index in [1.165, 1.54) is 26.4 Å². The van der Waals surface area contributed by atoms with E-state index >= 15 is 0 Å². The first-order chi connectivity index (χ1) is 12.0. The monoisotopic (exact) mass is 345 g/mol. The standard InChI is InChI=1S/C17H15NO7/c1-22-14-7-10(13(18(20)21)8-15(14)23-2)9-24-17-12-6-4-3-5-11(12)16(19)25-17/h3-8,17H,9H2,1-2H3. The van der Waals surface area contributed by atoms with E-state index in [1.54, 1.807) is 24.3 Å². The molecular formula is C17H15NO7. The number of methoxy groups -OCH3 is 2. The number of nitro benzene ring substituents is 1. The number of benzene rings is 2. The number of ether oxygens (including phenoxy) is 4. The van der Waals surface area contributed by atoms with Crippen molar-refractivity contribution >= 4 is 11.7 Å². The van der Waals surface area contributed by atoms with E-state index < -0.39 is 17.2 Å². The number of nitro groups is 1. The van der Waals surface area contributed by atoms with Gasteiger partial charge in [0.2, 0.25) is 6.29 Å². The molecule has 25 heavy (non-hydrogen) atoms. The van der Waals surface area contributed by atoms with Crippen molar-refractivity contribution in [2.45, 2.75) is 12.9 Å². The van der Waals surface area contributed by atoms with E-state index in [0.717, 1.165) is 0 Å². The van der Waals surface area contributed by atoms with Crippen LogP contribution in [0.2, 0.25) is 0 Å². The molecule has 1 atom stereocenters. The Morgan fingerprint density at radius 1 is 1.16 bits per heavy atom. The maximum Gasteiger partial charge on any atom is 0.341 e. The van der Waals surface area contributed by atoms with Gasteiger partial charge in [-0.25, -0.2) is 4.79 Å². The normalized spacial score (nSPS) is 15.4. The zero-order valence-electron chi connectivity index (χ0n) is 13.6. The Kier molecular flexibility index (Phi) is 4.53. The maximum atomic E-state index is 11.8. The number of fused-ring (bicyclic) bond motifs is 1. The topological polar surface area (TPSA) is 97.1 Å². The van der Waals surface area contributed by atoms with E-state index in [-0.39, 0.29) is 23.6 Å². The van der Waals surface area contributed by atoms with Gasteiger partial charge >= 0.3 is 5.97 Å². The minimum Gasteiger partial charge on any atom is -0.493 e. The lowest BCUT2D eigenvalue weighted by molar-refractivity contribution is -0.386. The molecule has 0 saturated heterocycles. The summed E-state index contributed by atoms with van der Waals surface area (Å²) in [7, 11) is 2.83. The molecule has 1 aliphatic rings. The molecule has 0 bridgehead atoms. The van der Waals surface area contributed by atoms with Crippen molar-refractivity contribution in [3.05, 3.63) is 63.2 Å². The Morgan fingerprint density at radius 3 is 2.52 bits per heavy atom. The first-order valence-corrected chi connectivity index (χ1v) is 7.36. The molecule has 0 N–H and O–H groups in total. The lowest BCUT2D eigenvalue weighted by Gasteiger charge is -2.14. The zero-order chi connectivity index (χ0) is 18.0. The van der Waals surface area contributed by atoms with Crippen LogP contribution in [0.25, 0.3) is 0 Å². The van der Waals surface area contributed by atoms with Crippen LogP contribution in [0.5, 0.6) is 11.5 Å². The van der Waals surface area contributed by atoms with E-state index in [4.69, 9.17) is 18.9 Å². The van der Waals surface area contributed by atoms with Crippen LogP contribution in [0.4, 0.5) is 5.69 Å². The number of esters is 1. The highest BCUT2D eigenvalue weighted by Crippen LogP contribution is 2.37. The zero-order valence-corrected chi connectivity index (χ0v) is 13.6. The predicted octanol–water partition coefficient (Wildman–Crippen LogP) is 3.00. The second-order valence-corrected chi connectivity index (χ2v) is 5.23. The molecule has 2 aromatic carbocycles. The molecule has 0 saturated carbocycles. The fourth-order valence-electron chi connectivity index (χ4n) is 2.60. The molecule has 1 unspecified atom stereocenters. The third kappa shape index (κ3) is 3.11. The summed E-state index contributed by atoms with van der Waals surface area (Å²) in [5, 5.41) is 11.3. The first-order valence-electron chi connectivity index (χ1n) is 7.36. The molecule has 1 aliphatic heterocycles. The Hall–Kier alpha value is -3.13. The Morgan fingerprint density at radius 2 is 1.84 bits per heavy atom. The van der Waals surface area contributed by atoms with Crippen LogP contribution in [0.3, 0.4) is 0 Å². The first kappa shape index (κ1) is 16.7. The predicted molar refractivity (Wildman–Crippen MR) is 85.6 cm³/mol. The minimum absolute atomic E-state index is 0.136. The van der Waals surface area contributed by atoms with Crippen LogP contribution < -0.4 is 9.47 Å². The number of carbonyl (C=O) groups excluding carboxylic acids is 1. The Balaban J connectivity index is 1.86. The number of nitrogens with zero attached hydrogens (tertiary/aromatic N) is 1. The fraction of sp³-hybridized carbons (Fsp3) is 0.235. The second kappa shape index (κ2) is 6.78. The molecule has 2 aromatic rings. The maximum absolute atomic E-state index is 11.8. The smallest absolute Gasteiger partial charge is 0.341 e. The van der Waals surface area contributed by atoms with Crippen molar-refractivity contribution in [3.8, 4) is 11.5 Å². The minimum atomic E-state index is -0.906. The van der Waals surface area contributed by atoms with Crippen molar-refractivity contribution in [3.63, 3.8) is 0 Å². The summed E-state index contributed by atoms with van der Waals surface area (Å²) in [5.41, 5.74) is 1.13. The number of cyclic esters (lactones) is 1. The van der Waals surface area contributed by atoms with Crippen LogP contribution in [-0.4, -0.2) is 25.1 Å². The molecule has 0 spiro atoms. The summed E-state index contributed by atoms with van der Waals surface area (Å²) in [6, 6.07) is 9.58. The summed E-state index contributed by atoms with van der Waals surface area (Å²) in [5.74, 6) is 0.105. The van der Waals surface area contributed by atoms with Crippen LogP contribution in [0.15, 0.2) is 36.4 Å². The molecule has 0 aliphatic carbocycles. The SMILES string of the molecule is COc1cc(COC2OC(=O)c3ccccc32)c([N+](=O)[O-])cc1OC. The summed E-state index contributed by atoms with van der Waals surface area (Å²) in [6.45, 7) is -0.136. The van der Waals surface area contributed by atoms with Gasteiger partial charge in [0.1, 0.15) is 0 Å². The van der Waals surface area contributed by atoms with Gasteiger partial charge in [0.25, 0.3) is 5.69 Å². The van der Waals surface area contributed by atoms with Crippen molar-refractivity contribution in [2.75, 3.05) is 14.2 Å². The van der Waals surface area contributed by atoms with Crippen LogP contribution in [-0.2, 0) is 16.1 Å². The number of carbonyl (C=O) groups is 1. The molecule has 1 heterocycles. The van der Waals surface area contributed by atoms with E-state index in [2.05, 4.69) is 0 Å². The van der Waals surface area contributed by atoms with Gasteiger partial charge in [-0.15, -0.1) is 0 Å². The van der Waals surface area contributed by atoms with Crippen molar-refractivity contribution in [2.24, 2.45) is 0 Å². The van der Waals surface area contributed by atoms with E-state index in [9.17, 15) is 14.9 Å². The Labute approximate surface area is 143 Å². The van der Waals surface area contributed by atoms with Gasteiger partial charge in [-0.05, 0) is 12.1 Å². The lowest BCUT2D eigenvalue weighted by Crippen LogP contribution is -2.06. The molecule has 0 amide bonds. The van der Waals surface area contributed by atoms with Gasteiger partial charge in [-0.1, -0.05) is 18.2 Å². The number of rotatable bonds is 6. The van der Waals surface area contributed by atoms with Gasteiger partial charge in [-0.2, -0.15) is 0 Å². The van der Waals surface area contributed by atoms with Crippen LogP contribution in [0.1, 0.15) is 27.8 Å². The van der Waals surface area contributed by atoms with E-state index in [1.807, 2.05) is 0 Å². The summed E-state index contributed by atoms with van der Waals surface area (Å²) in [6.07, 6.45) is -0.906. The second-order valence-electron chi connectivity index (χ2n) is 5.23. The molecule has 0 aromatic heterocycles. The summed E-state index contributed by atoms with van der Waals surface area (Å²) in [4.78, 5) is 22.6. The van der Waals surface area contributed by atoms with Gasteiger partial charge in [0, 0.05) is 5.56 Å². The Bertz CT molecular complexity index is 834. The van der Waals surface area contributed by atoms with Crippen molar-refractivity contribution in [1.82, 2.24) is 0 Å². The van der Waals surface area contributed by atoms with Gasteiger partial charge in [0.05, 0.1) is 42.9 Å². The largest absolute Gasteiger partial charge is 0.493 e. The lowest BCUT2D eigenvalue weighted by atomic mass is 10.1. The van der Waals surface area contributed by atoms with E-state index in [0.29, 0.717) is 16.9 Å². The third-order valence-corrected chi connectivity index (χ3v) is 3.82. The average molecular weight is 345 g/mol. The summed E-state index contributed by atoms with van der Waals surface area (Å²) >= 11 is 0. The highest BCUT2D eigenvalue weighted by molar-refractivity contribution is 5.93. The fourth-order valence-corrected chi connectivity index (χ4v) is 2.60. The van der Waals surface area contributed by atoms with Gasteiger partial charge in [-0.3, -0.25) is 10.1 Å². The van der Waals surface area contributed by atoms with Crippen molar-refractivity contribution in [1.29, 1.82) is 0 Å². The average Bonchev–Trinajstić information content (AvgIpc) is 2.95.